The lowest BCUT2D eigenvalue weighted by Gasteiger charge is -2.19. The van der Waals surface area contributed by atoms with Crippen molar-refractivity contribution in [3.8, 4) is 0 Å². The Hall–Kier alpha value is -3.27. The van der Waals surface area contributed by atoms with E-state index in [4.69, 9.17) is 0 Å². The zero-order chi connectivity index (χ0) is 21.7. The molecule has 0 spiro atoms. The first-order valence-electron chi connectivity index (χ1n) is 10.4. The van der Waals surface area contributed by atoms with Gasteiger partial charge in [0.1, 0.15) is 0 Å². The summed E-state index contributed by atoms with van der Waals surface area (Å²) in [6, 6.07) is 13.6. The lowest BCUT2D eigenvalue weighted by molar-refractivity contribution is -0.109. The van der Waals surface area contributed by atoms with Crippen LogP contribution in [0.5, 0.6) is 0 Å². The lowest BCUT2D eigenvalue weighted by atomic mass is 9.97. The number of fused-ring (bicyclic) bond motifs is 1. The number of allylic oxidation sites excluding steroid dienone is 4. The number of hydrogen-bond acceptors (Lipinski definition) is 4. The van der Waals surface area contributed by atoms with E-state index in [1.807, 2.05) is 68.5 Å². The van der Waals surface area contributed by atoms with Crippen LogP contribution in [0.15, 0.2) is 70.9 Å². The summed E-state index contributed by atoms with van der Waals surface area (Å²) in [5, 5.41) is 0. The van der Waals surface area contributed by atoms with E-state index < -0.39 is 0 Å². The predicted molar refractivity (Wildman–Crippen MR) is 124 cm³/mol. The first kappa shape index (κ1) is 21.4. The highest BCUT2D eigenvalue weighted by molar-refractivity contribution is 6.35. The Labute approximate surface area is 178 Å². The van der Waals surface area contributed by atoms with Crippen LogP contribution in [0.4, 0.5) is 5.69 Å². The van der Waals surface area contributed by atoms with Crippen molar-refractivity contribution in [1.29, 1.82) is 0 Å². The van der Waals surface area contributed by atoms with Crippen molar-refractivity contribution in [3.63, 3.8) is 0 Å². The second-order valence-corrected chi connectivity index (χ2v) is 7.36. The lowest BCUT2D eigenvalue weighted by Crippen LogP contribution is -2.17. The van der Waals surface area contributed by atoms with Crippen LogP contribution in [-0.2, 0) is 11.2 Å². The fourth-order valence-corrected chi connectivity index (χ4v) is 3.85. The van der Waals surface area contributed by atoms with Crippen molar-refractivity contribution in [1.82, 2.24) is 0 Å². The normalized spacial score (nSPS) is 15.1. The van der Waals surface area contributed by atoms with E-state index >= 15 is 0 Å². The Kier molecular flexibility index (Phi) is 6.78. The van der Waals surface area contributed by atoms with E-state index in [9.17, 15) is 9.59 Å². The Balaban J connectivity index is 1.92. The molecule has 4 heteroatoms. The first-order valence-corrected chi connectivity index (χ1v) is 10.4. The maximum Gasteiger partial charge on any atom is 0.199 e. The minimum Gasteiger partial charge on any atom is -0.345 e. The summed E-state index contributed by atoms with van der Waals surface area (Å²) < 4.78 is 0. The number of aryl methyl sites for hydroxylation is 1. The Morgan fingerprint density at radius 2 is 1.90 bits per heavy atom. The SMILES string of the molecule is CC/C(=C\C=C1/Cc2cc(C(=O)c3ccccc3C)ccc2N1CC)C(=O)C=NC. The number of carbonyl (C=O) groups excluding carboxylic acids is 2. The molecule has 0 fully saturated rings. The minimum atomic E-state index is -0.0541. The molecule has 0 aliphatic carbocycles. The number of Topliss-reactive ketones (excluding diaryl/α,β-unsaturated/α-hetero) is 1. The van der Waals surface area contributed by atoms with Crippen LogP contribution < -0.4 is 4.90 Å². The average molecular weight is 401 g/mol. The Morgan fingerprint density at radius 3 is 2.57 bits per heavy atom. The number of nitrogens with zero attached hydrogens (tertiary/aromatic N) is 2. The van der Waals surface area contributed by atoms with Crippen molar-refractivity contribution in [2.45, 2.75) is 33.6 Å². The highest BCUT2D eigenvalue weighted by Crippen LogP contribution is 2.35. The minimum absolute atomic E-state index is 0.0500. The smallest absolute Gasteiger partial charge is 0.199 e. The third-order valence-electron chi connectivity index (χ3n) is 5.48. The zero-order valence-corrected chi connectivity index (χ0v) is 18.1. The van der Waals surface area contributed by atoms with Crippen molar-refractivity contribution in [2.24, 2.45) is 4.99 Å². The molecule has 4 nitrogen and oxygen atoms in total. The van der Waals surface area contributed by atoms with Crippen LogP contribution in [-0.4, -0.2) is 31.4 Å². The number of hydrogen-bond donors (Lipinski definition) is 0. The van der Waals surface area contributed by atoms with Gasteiger partial charge in [0.05, 0.1) is 6.21 Å². The molecule has 154 valence electrons. The summed E-state index contributed by atoms with van der Waals surface area (Å²) in [7, 11) is 1.60. The molecule has 0 atom stereocenters. The average Bonchev–Trinajstić information content (AvgIpc) is 3.10. The number of rotatable bonds is 7. The summed E-state index contributed by atoms with van der Waals surface area (Å²) in [5.74, 6) is -0.00415. The topological polar surface area (TPSA) is 49.7 Å². The van der Waals surface area contributed by atoms with Crippen LogP contribution in [0, 0.1) is 6.92 Å². The molecule has 2 aromatic rings. The number of ketones is 2. The Morgan fingerprint density at radius 1 is 1.13 bits per heavy atom. The molecule has 2 aromatic carbocycles. The second-order valence-electron chi connectivity index (χ2n) is 7.36. The quantitative estimate of drug-likeness (QED) is 0.369. The molecule has 0 aromatic heterocycles. The summed E-state index contributed by atoms with van der Waals surface area (Å²) in [4.78, 5) is 31.2. The molecular formula is C26H28N2O2. The van der Waals surface area contributed by atoms with Crippen LogP contribution in [0.1, 0.15) is 47.3 Å². The van der Waals surface area contributed by atoms with E-state index in [0.29, 0.717) is 12.0 Å². The number of aliphatic imine (C=N–C) groups is 1. The van der Waals surface area contributed by atoms with Gasteiger partial charge in [0.2, 0.25) is 0 Å². The monoisotopic (exact) mass is 400 g/mol. The Bertz CT molecular complexity index is 1060. The maximum atomic E-state index is 13.0. The van der Waals surface area contributed by atoms with E-state index in [2.05, 4.69) is 16.8 Å². The van der Waals surface area contributed by atoms with E-state index in [0.717, 1.165) is 46.6 Å². The zero-order valence-electron chi connectivity index (χ0n) is 18.1. The molecule has 1 aliphatic heterocycles. The van der Waals surface area contributed by atoms with Gasteiger partial charge in [-0.2, -0.15) is 0 Å². The molecule has 30 heavy (non-hydrogen) atoms. The summed E-state index contributed by atoms with van der Waals surface area (Å²) in [6.45, 7) is 6.86. The van der Waals surface area contributed by atoms with Gasteiger partial charge < -0.3 is 4.90 Å². The van der Waals surface area contributed by atoms with Crippen molar-refractivity contribution in [3.05, 3.63) is 88.1 Å². The van der Waals surface area contributed by atoms with E-state index in [-0.39, 0.29) is 11.6 Å². The molecule has 1 heterocycles. The van der Waals surface area contributed by atoms with Crippen molar-refractivity contribution < 1.29 is 9.59 Å². The van der Waals surface area contributed by atoms with Crippen molar-refractivity contribution >= 4 is 23.5 Å². The largest absolute Gasteiger partial charge is 0.345 e. The molecule has 0 amide bonds. The molecule has 0 radical (unpaired) electrons. The molecular weight excluding hydrogens is 372 g/mol. The van der Waals surface area contributed by atoms with Gasteiger partial charge in [-0.3, -0.25) is 14.6 Å². The molecule has 1 aliphatic rings. The van der Waals surface area contributed by atoms with Crippen molar-refractivity contribution in [2.75, 3.05) is 18.5 Å². The molecule has 0 unspecified atom stereocenters. The molecule has 3 rings (SSSR count). The molecule has 0 saturated heterocycles. The third-order valence-corrected chi connectivity index (χ3v) is 5.48. The van der Waals surface area contributed by atoms with Gasteiger partial charge >= 0.3 is 0 Å². The van der Waals surface area contributed by atoms with Gasteiger partial charge in [0.15, 0.2) is 11.6 Å². The predicted octanol–water partition coefficient (Wildman–Crippen LogP) is 5.10. The highest BCUT2D eigenvalue weighted by atomic mass is 16.1. The van der Waals surface area contributed by atoms with Crippen LogP contribution in [0.25, 0.3) is 0 Å². The number of benzene rings is 2. The van der Waals surface area contributed by atoms with E-state index in [1.54, 1.807) is 7.05 Å². The van der Waals surface area contributed by atoms with Gasteiger partial charge in [0, 0.05) is 48.1 Å². The van der Waals surface area contributed by atoms with Gasteiger partial charge in [-0.15, -0.1) is 0 Å². The summed E-state index contributed by atoms with van der Waals surface area (Å²) in [6.07, 6.45) is 6.67. The van der Waals surface area contributed by atoms with Crippen LogP contribution in [0.3, 0.4) is 0 Å². The second kappa shape index (κ2) is 9.49. The molecule has 0 N–H and O–H groups in total. The van der Waals surface area contributed by atoms with Gasteiger partial charge in [-0.05, 0) is 55.7 Å². The number of carbonyl (C=O) groups is 2. The summed E-state index contributed by atoms with van der Waals surface area (Å²) in [5.41, 5.74) is 6.55. The van der Waals surface area contributed by atoms with E-state index in [1.165, 1.54) is 6.21 Å². The van der Waals surface area contributed by atoms with Gasteiger partial charge in [-0.1, -0.05) is 37.3 Å². The molecule has 0 saturated carbocycles. The summed E-state index contributed by atoms with van der Waals surface area (Å²) >= 11 is 0. The number of likely N-dealkylation sites (N-methyl/N-ethyl adjacent to an activating group) is 1. The molecule has 0 bridgehead atoms. The first-order chi connectivity index (χ1) is 14.5. The van der Waals surface area contributed by atoms with Gasteiger partial charge in [0.25, 0.3) is 0 Å². The third kappa shape index (κ3) is 4.33. The fourth-order valence-electron chi connectivity index (χ4n) is 3.85. The van der Waals surface area contributed by atoms with Crippen LogP contribution >= 0.6 is 0 Å². The van der Waals surface area contributed by atoms with Gasteiger partial charge in [-0.25, -0.2) is 0 Å². The highest BCUT2D eigenvalue weighted by Gasteiger charge is 2.24. The standard InChI is InChI=1S/C26H28N2O2/c1-5-19(25(29)17-27-4)11-13-22-16-21-15-20(12-14-24(21)28(22)6-2)26(30)23-10-8-7-9-18(23)3/h7-15,17H,5-6,16H2,1-4H3/b19-11+,22-13+,27-17?. The fraction of sp³-hybridized carbons (Fsp3) is 0.269. The van der Waals surface area contributed by atoms with Crippen LogP contribution in [0.2, 0.25) is 0 Å². The number of anilines is 1. The maximum absolute atomic E-state index is 13.0.